The van der Waals surface area contributed by atoms with Crippen LogP contribution in [0.15, 0.2) is 72.2 Å². The molecule has 4 N–H and O–H groups in total. The molecule has 0 unspecified atom stereocenters. The third-order valence-corrected chi connectivity index (χ3v) is 6.43. The smallest absolute Gasteiger partial charge is 0.255 e. The standard InChI is InChI=1S/C27H26N6O3S/c1-17-25(33-15-20(36-14-13-35-2)11-12-24(33)29-17)23-16-37-27(32-23)30-19-9-7-18(8-10-19)26(34)31-22-6-4-3-5-21(22)28/h3-12,15-16H,13-14,28H2,1-2H3,(H,30,32)(H,31,34). The van der Waals surface area contributed by atoms with Crippen molar-refractivity contribution in [2.45, 2.75) is 6.92 Å². The lowest BCUT2D eigenvalue weighted by atomic mass is 10.2. The van der Waals surface area contributed by atoms with E-state index in [2.05, 4.69) is 15.6 Å². The maximum Gasteiger partial charge on any atom is 0.255 e. The largest absolute Gasteiger partial charge is 0.490 e. The number of aromatic nitrogens is 3. The summed E-state index contributed by atoms with van der Waals surface area (Å²) in [4.78, 5) is 22.0. The first kappa shape index (κ1) is 24.3. The number of amides is 1. The second-order valence-corrected chi connectivity index (χ2v) is 9.12. The molecule has 0 aliphatic rings. The molecule has 0 radical (unpaired) electrons. The van der Waals surface area contributed by atoms with Crippen LogP contribution in [0.4, 0.5) is 22.2 Å². The van der Waals surface area contributed by atoms with Gasteiger partial charge in [-0.1, -0.05) is 12.1 Å². The zero-order valence-corrected chi connectivity index (χ0v) is 21.2. The Bertz CT molecular complexity index is 1540. The number of pyridine rings is 1. The molecular weight excluding hydrogens is 488 g/mol. The second-order valence-electron chi connectivity index (χ2n) is 8.26. The number of anilines is 4. The SMILES string of the molecule is COCCOc1ccc2nc(C)c(-c3csc(Nc4ccc(C(=O)Nc5ccccc5N)cc4)n3)n2c1. The van der Waals surface area contributed by atoms with Gasteiger partial charge in [0.15, 0.2) is 5.13 Å². The van der Waals surface area contributed by atoms with Crippen LogP contribution in [0.2, 0.25) is 0 Å². The van der Waals surface area contributed by atoms with Crippen LogP contribution in [-0.4, -0.2) is 40.6 Å². The van der Waals surface area contributed by atoms with Crippen molar-refractivity contribution < 1.29 is 14.3 Å². The Labute approximate surface area is 217 Å². The minimum atomic E-state index is -0.227. The van der Waals surface area contributed by atoms with Gasteiger partial charge in [0.2, 0.25) is 0 Å². The minimum absolute atomic E-state index is 0.227. The number of carbonyl (C=O) groups excluding carboxylic acids is 1. The molecule has 0 fully saturated rings. The topological polar surface area (TPSA) is 116 Å². The number of methoxy groups -OCH3 is 1. The van der Waals surface area contributed by atoms with Crippen molar-refractivity contribution in [1.29, 1.82) is 0 Å². The molecule has 9 nitrogen and oxygen atoms in total. The van der Waals surface area contributed by atoms with Crippen molar-refractivity contribution in [2.75, 3.05) is 36.7 Å². The summed E-state index contributed by atoms with van der Waals surface area (Å²) in [6.45, 7) is 2.95. The molecule has 0 atom stereocenters. The fraction of sp³-hybridized carbons (Fsp3) is 0.148. The molecule has 0 aliphatic carbocycles. The number of nitrogens with one attached hydrogen (secondary N) is 2. The van der Waals surface area contributed by atoms with Gasteiger partial charge in [-0.25, -0.2) is 9.97 Å². The van der Waals surface area contributed by atoms with Crippen LogP contribution in [0.25, 0.3) is 17.0 Å². The maximum atomic E-state index is 12.6. The van der Waals surface area contributed by atoms with Gasteiger partial charge in [-0.15, -0.1) is 11.3 Å². The summed E-state index contributed by atoms with van der Waals surface area (Å²) in [5.41, 5.74) is 11.8. The number of nitrogens with zero attached hydrogens (tertiary/aromatic N) is 3. The number of benzene rings is 2. The molecule has 188 valence electrons. The highest BCUT2D eigenvalue weighted by molar-refractivity contribution is 7.14. The van der Waals surface area contributed by atoms with E-state index in [0.29, 0.717) is 30.2 Å². The third kappa shape index (κ3) is 5.40. The van der Waals surface area contributed by atoms with Gasteiger partial charge in [0, 0.05) is 23.7 Å². The summed E-state index contributed by atoms with van der Waals surface area (Å²) in [6.07, 6.45) is 1.92. The molecule has 0 aliphatic heterocycles. The average molecular weight is 515 g/mol. The van der Waals surface area contributed by atoms with Gasteiger partial charge in [0.1, 0.15) is 23.7 Å². The number of para-hydroxylation sites is 2. The van der Waals surface area contributed by atoms with Crippen LogP contribution < -0.4 is 21.1 Å². The zero-order chi connectivity index (χ0) is 25.8. The number of nitrogens with two attached hydrogens (primary N) is 1. The summed E-state index contributed by atoms with van der Waals surface area (Å²) in [7, 11) is 1.64. The molecule has 3 heterocycles. The Kier molecular flexibility index (Phi) is 7.02. The summed E-state index contributed by atoms with van der Waals surface area (Å²) in [5.74, 6) is 0.505. The summed E-state index contributed by atoms with van der Waals surface area (Å²) in [6, 6.07) is 18.2. The third-order valence-electron chi connectivity index (χ3n) is 5.68. The van der Waals surface area contributed by atoms with Gasteiger partial charge in [0.05, 0.1) is 35.6 Å². The molecule has 0 saturated carbocycles. The molecular formula is C27H26N6O3S. The number of nitrogen functional groups attached to an aromatic ring is 1. The minimum Gasteiger partial charge on any atom is -0.490 e. The van der Waals surface area contributed by atoms with Crippen LogP contribution in [0.3, 0.4) is 0 Å². The Balaban J connectivity index is 1.30. The van der Waals surface area contributed by atoms with E-state index in [4.69, 9.17) is 20.2 Å². The van der Waals surface area contributed by atoms with E-state index in [0.717, 1.165) is 39.3 Å². The molecule has 3 aromatic heterocycles. The van der Waals surface area contributed by atoms with E-state index in [1.54, 1.807) is 31.4 Å². The molecule has 1 amide bonds. The number of ether oxygens (including phenoxy) is 2. The first-order valence-corrected chi connectivity index (χ1v) is 12.5. The molecule has 0 spiro atoms. The number of imidazole rings is 1. The van der Waals surface area contributed by atoms with Crippen LogP contribution >= 0.6 is 11.3 Å². The average Bonchev–Trinajstić information content (AvgIpc) is 3.48. The normalized spacial score (nSPS) is 11.0. The number of hydrogen-bond acceptors (Lipinski definition) is 8. The number of thiazole rings is 1. The summed E-state index contributed by atoms with van der Waals surface area (Å²) < 4.78 is 12.8. The molecule has 2 aromatic carbocycles. The number of aryl methyl sites for hydroxylation is 1. The number of carbonyl (C=O) groups is 1. The Morgan fingerprint density at radius 1 is 1.05 bits per heavy atom. The summed E-state index contributed by atoms with van der Waals surface area (Å²) in [5, 5.41) is 8.86. The lowest BCUT2D eigenvalue weighted by molar-refractivity contribution is 0.102. The van der Waals surface area contributed by atoms with Crippen molar-refractivity contribution in [3.8, 4) is 17.1 Å². The van der Waals surface area contributed by atoms with Gasteiger partial charge in [0.25, 0.3) is 5.91 Å². The fourth-order valence-corrected chi connectivity index (χ4v) is 4.57. The first-order chi connectivity index (χ1) is 18.0. The van der Waals surface area contributed by atoms with E-state index >= 15 is 0 Å². The quantitative estimate of drug-likeness (QED) is 0.179. The van der Waals surface area contributed by atoms with Crippen molar-refractivity contribution >= 4 is 45.1 Å². The van der Waals surface area contributed by atoms with Crippen molar-refractivity contribution in [2.24, 2.45) is 0 Å². The van der Waals surface area contributed by atoms with Crippen LogP contribution in [0.1, 0.15) is 16.1 Å². The lowest BCUT2D eigenvalue weighted by Gasteiger charge is -2.09. The Morgan fingerprint density at radius 3 is 2.65 bits per heavy atom. The van der Waals surface area contributed by atoms with Gasteiger partial charge >= 0.3 is 0 Å². The Hall–Kier alpha value is -4.41. The van der Waals surface area contributed by atoms with E-state index in [1.165, 1.54) is 11.3 Å². The number of hydrogen-bond donors (Lipinski definition) is 3. The van der Waals surface area contributed by atoms with E-state index in [9.17, 15) is 4.79 Å². The maximum absolute atomic E-state index is 12.6. The molecule has 0 saturated heterocycles. The zero-order valence-electron chi connectivity index (χ0n) is 20.4. The van der Waals surface area contributed by atoms with Crippen LogP contribution in [-0.2, 0) is 4.74 Å². The van der Waals surface area contributed by atoms with E-state index in [1.807, 2.05) is 59.3 Å². The van der Waals surface area contributed by atoms with Gasteiger partial charge in [-0.3, -0.25) is 9.20 Å². The molecule has 0 bridgehead atoms. The number of rotatable bonds is 9. The highest BCUT2D eigenvalue weighted by atomic mass is 32.1. The van der Waals surface area contributed by atoms with Crippen molar-refractivity contribution in [1.82, 2.24) is 14.4 Å². The predicted molar refractivity (Wildman–Crippen MR) is 147 cm³/mol. The second kappa shape index (κ2) is 10.7. The highest BCUT2D eigenvalue weighted by Crippen LogP contribution is 2.31. The van der Waals surface area contributed by atoms with E-state index in [-0.39, 0.29) is 5.91 Å². The molecule has 37 heavy (non-hydrogen) atoms. The van der Waals surface area contributed by atoms with Crippen molar-refractivity contribution in [3.05, 3.63) is 83.5 Å². The van der Waals surface area contributed by atoms with Gasteiger partial charge < -0.3 is 25.8 Å². The highest BCUT2D eigenvalue weighted by Gasteiger charge is 2.15. The predicted octanol–water partition coefficient (Wildman–Crippen LogP) is 5.37. The lowest BCUT2D eigenvalue weighted by Crippen LogP contribution is -2.13. The summed E-state index contributed by atoms with van der Waals surface area (Å²) >= 11 is 1.49. The monoisotopic (exact) mass is 514 g/mol. The fourth-order valence-electron chi connectivity index (χ4n) is 3.85. The van der Waals surface area contributed by atoms with Crippen molar-refractivity contribution in [3.63, 3.8) is 0 Å². The van der Waals surface area contributed by atoms with E-state index < -0.39 is 0 Å². The first-order valence-electron chi connectivity index (χ1n) is 11.6. The van der Waals surface area contributed by atoms with Crippen LogP contribution in [0.5, 0.6) is 5.75 Å². The van der Waals surface area contributed by atoms with Crippen LogP contribution in [0, 0.1) is 6.92 Å². The molecule has 5 rings (SSSR count). The van der Waals surface area contributed by atoms with Gasteiger partial charge in [-0.2, -0.15) is 0 Å². The Morgan fingerprint density at radius 2 is 1.86 bits per heavy atom. The molecule has 5 aromatic rings. The molecule has 10 heteroatoms. The number of fused-ring (bicyclic) bond motifs is 1. The van der Waals surface area contributed by atoms with Gasteiger partial charge in [-0.05, 0) is 55.5 Å².